The summed E-state index contributed by atoms with van der Waals surface area (Å²) in [7, 11) is 0. The zero-order valence-corrected chi connectivity index (χ0v) is 11.5. The van der Waals surface area contributed by atoms with E-state index in [0.29, 0.717) is 11.4 Å². The number of benzene rings is 1. The number of imide groups is 1. The quantitative estimate of drug-likeness (QED) is 0.780. The molecule has 9 nitrogen and oxygen atoms in total. The van der Waals surface area contributed by atoms with Crippen molar-refractivity contribution in [3.8, 4) is 5.69 Å². The van der Waals surface area contributed by atoms with Crippen LogP contribution < -0.4 is 5.32 Å². The van der Waals surface area contributed by atoms with Gasteiger partial charge >= 0.3 is 0 Å². The van der Waals surface area contributed by atoms with E-state index in [4.69, 9.17) is 0 Å². The third-order valence-corrected chi connectivity index (χ3v) is 3.20. The van der Waals surface area contributed by atoms with Crippen molar-refractivity contribution in [2.24, 2.45) is 0 Å². The van der Waals surface area contributed by atoms with Crippen LogP contribution in [0.25, 0.3) is 5.69 Å². The van der Waals surface area contributed by atoms with Gasteiger partial charge in [0.2, 0.25) is 17.7 Å². The third-order valence-electron chi connectivity index (χ3n) is 3.20. The van der Waals surface area contributed by atoms with E-state index in [2.05, 4.69) is 20.8 Å². The van der Waals surface area contributed by atoms with Gasteiger partial charge in [0, 0.05) is 18.5 Å². The van der Waals surface area contributed by atoms with Gasteiger partial charge in [-0.25, -0.2) is 4.68 Å². The summed E-state index contributed by atoms with van der Waals surface area (Å²) in [6.45, 7) is -0.271. The molecule has 1 aliphatic rings. The van der Waals surface area contributed by atoms with Gasteiger partial charge in [0.05, 0.1) is 5.69 Å². The highest BCUT2D eigenvalue weighted by atomic mass is 16.2. The van der Waals surface area contributed by atoms with Crippen molar-refractivity contribution in [1.82, 2.24) is 25.1 Å². The van der Waals surface area contributed by atoms with Crippen molar-refractivity contribution in [1.29, 1.82) is 0 Å². The molecule has 3 amide bonds. The molecule has 3 rings (SSSR count). The minimum atomic E-state index is -0.433. The molecule has 1 aliphatic heterocycles. The third kappa shape index (κ3) is 2.82. The van der Waals surface area contributed by atoms with Gasteiger partial charge in [0.25, 0.3) is 0 Å². The minimum absolute atomic E-state index is 0.168. The van der Waals surface area contributed by atoms with Gasteiger partial charge in [-0.15, -0.1) is 5.10 Å². The standard InChI is InChI=1S/C13H12N6O3/c20-11(7-18-12(21)4-5-13(18)22)15-9-2-1-3-10(6-9)19-8-14-16-17-19/h1-3,6,8H,4-5,7H2,(H,15,20). The summed E-state index contributed by atoms with van der Waals surface area (Å²) in [5, 5.41) is 13.5. The Labute approximate surface area is 124 Å². The topological polar surface area (TPSA) is 110 Å². The van der Waals surface area contributed by atoms with E-state index >= 15 is 0 Å². The molecule has 0 spiro atoms. The minimum Gasteiger partial charge on any atom is -0.324 e. The van der Waals surface area contributed by atoms with E-state index in [1.165, 1.54) is 11.0 Å². The molecule has 2 heterocycles. The van der Waals surface area contributed by atoms with Gasteiger partial charge in [-0.05, 0) is 28.6 Å². The second-order valence-electron chi connectivity index (χ2n) is 4.73. The molecule has 1 saturated heterocycles. The fraction of sp³-hybridized carbons (Fsp3) is 0.231. The van der Waals surface area contributed by atoms with Crippen LogP contribution in [-0.4, -0.2) is 49.4 Å². The van der Waals surface area contributed by atoms with Gasteiger partial charge < -0.3 is 5.32 Å². The highest BCUT2D eigenvalue weighted by Crippen LogP contribution is 2.15. The molecular weight excluding hydrogens is 288 g/mol. The molecule has 0 atom stereocenters. The van der Waals surface area contributed by atoms with Crippen LogP contribution >= 0.6 is 0 Å². The van der Waals surface area contributed by atoms with Gasteiger partial charge in [-0.3, -0.25) is 19.3 Å². The zero-order valence-electron chi connectivity index (χ0n) is 11.5. The largest absolute Gasteiger partial charge is 0.324 e. The van der Waals surface area contributed by atoms with Crippen molar-refractivity contribution in [2.75, 3.05) is 11.9 Å². The Kier molecular flexibility index (Phi) is 3.60. The maximum Gasteiger partial charge on any atom is 0.244 e. The fourth-order valence-corrected chi connectivity index (χ4v) is 2.15. The molecule has 1 N–H and O–H groups in total. The average Bonchev–Trinajstić information content (AvgIpc) is 3.13. The van der Waals surface area contributed by atoms with Crippen molar-refractivity contribution >= 4 is 23.4 Å². The Hall–Kier alpha value is -3.10. The Bertz CT molecular complexity index is 711. The number of carbonyl (C=O) groups excluding carboxylic acids is 3. The number of hydrogen-bond acceptors (Lipinski definition) is 6. The summed E-state index contributed by atoms with van der Waals surface area (Å²) < 4.78 is 1.45. The predicted molar refractivity (Wildman–Crippen MR) is 73.7 cm³/mol. The highest BCUT2D eigenvalue weighted by molar-refractivity contribution is 6.06. The summed E-state index contributed by atoms with van der Waals surface area (Å²) in [4.78, 5) is 35.9. The molecule has 9 heteroatoms. The van der Waals surface area contributed by atoms with E-state index in [0.717, 1.165) is 4.90 Å². The Morgan fingerprint density at radius 2 is 2.00 bits per heavy atom. The van der Waals surface area contributed by atoms with Crippen molar-refractivity contribution in [3.05, 3.63) is 30.6 Å². The lowest BCUT2D eigenvalue weighted by Crippen LogP contribution is -2.36. The number of nitrogens with one attached hydrogen (secondary N) is 1. The lowest BCUT2D eigenvalue weighted by molar-refractivity contribution is -0.141. The monoisotopic (exact) mass is 300 g/mol. The number of likely N-dealkylation sites (tertiary alicyclic amines) is 1. The molecule has 1 fully saturated rings. The first kappa shape index (κ1) is 13.9. The van der Waals surface area contributed by atoms with E-state index < -0.39 is 5.91 Å². The summed E-state index contributed by atoms with van der Waals surface area (Å²) in [6.07, 6.45) is 1.77. The molecule has 0 aliphatic carbocycles. The van der Waals surface area contributed by atoms with Gasteiger partial charge in [-0.2, -0.15) is 0 Å². The fourth-order valence-electron chi connectivity index (χ4n) is 2.15. The first-order chi connectivity index (χ1) is 10.6. The number of anilines is 1. The van der Waals surface area contributed by atoms with E-state index in [9.17, 15) is 14.4 Å². The second-order valence-corrected chi connectivity index (χ2v) is 4.73. The van der Waals surface area contributed by atoms with Crippen LogP contribution in [0.4, 0.5) is 5.69 Å². The highest BCUT2D eigenvalue weighted by Gasteiger charge is 2.30. The van der Waals surface area contributed by atoms with Crippen LogP contribution in [0.2, 0.25) is 0 Å². The number of amides is 3. The Morgan fingerprint density at radius 1 is 1.23 bits per heavy atom. The van der Waals surface area contributed by atoms with Crippen LogP contribution in [-0.2, 0) is 14.4 Å². The average molecular weight is 300 g/mol. The van der Waals surface area contributed by atoms with Crippen molar-refractivity contribution < 1.29 is 14.4 Å². The van der Waals surface area contributed by atoms with Crippen LogP contribution in [0, 0.1) is 0 Å². The number of aromatic nitrogens is 4. The number of hydrogen-bond donors (Lipinski definition) is 1. The molecule has 0 bridgehead atoms. The van der Waals surface area contributed by atoms with E-state index in [-0.39, 0.29) is 31.2 Å². The summed E-state index contributed by atoms with van der Waals surface area (Å²) in [5.74, 6) is -1.07. The summed E-state index contributed by atoms with van der Waals surface area (Å²) >= 11 is 0. The number of carbonyl (C=O) groups is 3. The molecule has 0 unspecified atom stereocenters. The van der Waals surface area contributed by atoms with E-state index in [1.807, 2.05) is 0 Å². The van der Waals surface area contributed by atoms with Crippen LogP contribution in [0.1, 0.15) is 12.8 Å². The molecular formula is C13H12N6O3. The van der Waals surface area contributed by atoms with Crippen molar-refractivity contribution in [2.45, 2.75) is 12.8 Å². The maximum absolute atomic E-state index is 12.0. The van der Waals surface area contributed by atoms with Crippen LogP contribution in [0.3, 0.4) is 0 Å². The molecule has 1 aromatic carbocycles. The molecule has 0 saturated carbocycles. The summed E-state index contributed by atoms with van der Waals surface area (Å²) in [6, 6.07) is 6.89. The molecule has 1 aromatic heterocycles. The summed E-state index contributed by atoms with van der Waals surface area (Å²) in [5.41, 5.74) is 1.20. The smallest absolute Gasteiger partial charge is 0.244 e. The van der Waals surface area contributed by atoms with Gasteiger partial charge in [-0.1, -0.05) is 6.07 Å². The van der Waals surface area contributed by atoms with Crippen molar-refractivity contribution in [3.63, 3.8) is 0 Å². The Balaban J connectivity index is 1.68. The molecule has 2 aromatic rings. The lowest BCUT2D eigenvalue weighted by atomic mass is 10.2. The number of rotatable bonds is 4. The normalized spacial score (nSPS) is 14.5. The first-order valence-electron chi connectivity index (χ1n) is 6.60. The van der Waals surface area contributed by atoms with Crippen LogP contribution in [0.5, 0.6) is 0 Å². The SMILES string of the molecule is O=C(CN1C(=O)CCC1=O)Nc1cccc(-n2cnnn2)c1. The molecule has 112 valence electrons. The molecule has 0 radical (unpaired) electrons. The second kappa shape index (κ2) is 5.72. The molecule has 22 heavy (non-hydrogen) atoms. The van der Waals surface area contributed by atoms with Gasteiger partial charge in [0.15, 0.2) is 0 Å². The Morgan fingerprint density at radius 3 is 2.68 bits per heavy atom. The number of nitrogens with zero attached hydrogens (tertiary/aromatic N) is 5. The maximum atomic E-state index is 12.0. The predicted octanol–water partition coefficient (Wildman–Crippen LogP) is -0.250. The van der Waals surface area contributed by atoms with E-state index in [1.54, 1.807) is 24.3 Å². The van der Waals surface area contributed by atoms with Crippen LogP contribution in [0.15, 0.2) is 30.6 Å². The zero-order chi connectivity index (χ0) is 15.5. The number of tetrazole rings is 1. The lowest BCUT2D eigenvalue weighted by Gasteiger charge is -2.13. The van der Waals surface area contributed by atoms with Gasteiger partial charge in [0.1, 0.15) is 12.9 Å². The first-order valence-corrected chi connectivity index (χ1v) is 6.60.